The number of rotatable bonds is 2. The molecule has 0 bridgehead atoms. The molecule has 0 atom stereocenters. The van der Waals surface area contributed by atoms with Gasteiger partial charge >= 0.3 is 0 Å². The van der Waals surface area contributed by atoms with Crippen LogP contribution in [-0.4, -0.2) is 5.11 Å². The summed E-state index contributed by atoms with van der Waals surface area (Å²) >= 11 is 0. The maximum atomic E-state index is 9.54. The van der Waals surface area contributed by atoms with Crippen molar-refractivity contribution in [3.63, 3.8) is 0 Å². The predicted molar refractivity (Wildman–Crippen MR) is 64.1 cm³/mol. The minimum atomic E-state index is 0.304. The van der Waals surface area contributed by atoms with E-state index in [0.29, 0.717) is 5.75 Å². The van der Waals surface area contributed by atoms with Crippen LogP contribution < -0.4 is 4.74 Å². The number of ether oxygens (including phenoxy) is 1. The Morgan fingerprint density at radius 1 is 0.875 bits per heavy atom. The first-order valence-electron chi connectivity index (χ1n) is 5.20. The highest BCUT2D eigenvalue weighted by Crippen LogP contribution is 2.31. The molecule has 1 N–H and O–H groups in total. The van der Waals surface area contributed by atoms with E-state index < -0.39 is 0 Å². The van der Waals surface area contributed by atoms with E-state index in [1.165, 1.54) is 0 Å². The van der Waals surface area contributed by atoms with Crippen LogP contribution in [0.25, 0.3) is 0 Å². The van der Waals surface area contributed by atoms with Gasteiger partial charge in [-0.15, -0.1) is 0 Å². The Labute approximate surface area is 95.1 Å². The lowest BCUT2D eigenvalue weighted by Crippen LogP contribution is -1.90. The van der Waals surface area contributed by atoms with Gasteiger partial charge < -0.3 is 9.84 Å². The molecule has 82 valence electrons. The minimum Gasteiger partial charge on any atom is -0.508 e. The number of hydrogen-bond acceptors (Lipinski definition) is 2. The molecular formula is C14H14O2. The fourth-order valence-corrected chi connectivity index (χ4v) is 1.51. The summed E-state index contributed by atoms with van der Waals surface area (Å²) in [6, 6.07) is 13.0. The van der Waals surface area contributed by atoms with Gasteiger partial charge in [0.05, 0.1) is 0 Å². The van der Waals surface area contributed by atoms with Gasteiger partial charge in [-0.2, -0.15) is 0 Å². The Bertz CT molecular complexity index is 490. The van der Waals surface area contributed by atoms with Crippen LogP contribution in [0.5, 0.6) is 17.2 Å². The zero-order chi connectivity index (χ0) is 11.5. The van der Waals surface area contributed by atoms with Crippen molar-refractivity contribution in [2.75, 3.05) is 0 Å². The van der Waals surface area contributed by atoms with Gasteiger partial charge in [0.25, 0.3) is 0 Å². The molecule has 0 spiro atoms. The quantitative estimate of drug-likeness (QED) is 0.823. The van der Waals surface area contributed by atoms with Gasteiger partial charge in [-0.25, -0.2) is 0 Å². The third kappa shape index (κ3) is 2.01. The molecule has 0 aliphatic heterocycles. The Morgan fingerprint density at radius 2 is 1.56 bits per heavy atom. The van der Waals surface area contributed by atoms with Crippen molar-refractivity contribution in [1.82, 2.24) is 0 Å². The second-order valence-corrected chi connectivity index (χ2v) is 3.75. The number of benzene rings is 2. The first kappa shape index (κ1) is 10.6. The molecule has 2 heteroatoms. The Balaban J connectivity index is 2.33. The second kappa shape index (κ2) is 4.27. The lowest BCUT2D eigenvalue weighted by Gasteiger charge is -2.11. The van der Waals surface area contributed by atoms with E-state index >= 15 is 0 Å². The van der Waals surface area contributed by atoms with Crippen molar-refractivity contribution < 1.29 is 9.84 Å². The highest BCUT2D eigenvalue weighted by molar-refractivity contribution is 5.47. The van der Waals surface area contributed by atoms with Crippen molar-refractivity contribution in [3.05, 3.63) is 53.6 Å². The lowest BCUT2D eigenvalue weighted by molar-refractivity contribution is 0.457. The van der Waals surface area contributed by atoms with Crippen LogP contribution in [0.2, 0.25) is 0 Å². The molecular weight excluding hydrogens is 200 g/mol. The molecule has 0 radical (unpaired) electrons. The summed E-state index contributed by atoms with van der Waals surface area (Å²) in [7, 11) is 0. The standard InChI is InChI=1S/C14H14O2/c1-10-11(2)14(9-8-13(10)15)16-12-6-4-3-5-7-12/h3-9,15H,1-2H3. The average Bonchev–Trinajstić information content (AvgIpc) is 2.31. The molecule has 16 heavy (non-hydrogen) atoms. The van der Waals surface area contributed by atoms with Gasteiger partial charge in [-0.05, 0) is 49.2 Å². The van der Waals surface area contributed by atoms with Gasteiger partial charge in [-0.1, -0.05) is 18.2 Å². The molecule has 0 heterocycles. The SMILES string of the molecule is Cc1c(O)ccc(Oc2ccccc2)c1C. The summed E-state index contributed by atoms with van der Waals surface area (Å²) in [6.07, 6.45) is 0. The molecule has 2 nitrogen and oxygen atoms in total. The van der Waals surface area contributed by atoms with Crippen LogP contribution >= 0.6 is 0 Å². The summed E-state index contributed by atoms with van der Waals surface area (Å²) in [4.78, 5) is 0. The summed E-state index contributed by atoms with van der Waals surface area (Å²) in [5.74, 6) is 1.88. The second-order valence-electron chi connectivity index (χ2n) is 3.75. The van der Waals surface area contributed by atoms with Crippen molar-refractivity contribution in [1.29, 1.82) is 0 Å². The Hall–Kier alpha value is -1.96. The Morgan fingerprint density at radius 3 is 2.25 bits per heavy atom. The molecule has 2 aromatic carbocycles. The molecule has 0 unspecified atom stereocenters. The number of aromatic hydroxyl groups is 1. The molecule has 0 amide bonds. The normalized spacial score (nSPS) is 10.1. The summed E-state index contributed by atoms with van der Waals surface area (Å²) in [5.41, 5.74) is 1.82. The fourth-order valence-electron chi connectivity index (χ4n) is 1.51. The highest BCUT2D eigenvalue weighted by Gasteiger charge is 2.06. The van der Waals surface area contributed by atoms with Crippen molar-refractivity contribution >= 4 is 0 Å². The number of para-hydroxylation sites is 1. The molecule has 2 aromatic rings. The van der Waals surface area contributed by atoms with Crippen LogP contribution in [0.15, 0.2) is 42.5 Å². The van der Waals surface area contributed by atoms with Gasteiger partial charge in [-0.3, -0.25) is 0 Å². The first-order valence-corrected chi connectivity index (χ1v) is 5.20. The van der Waals surface area contributed by atoms with E-state index in [0.717, 1.165) is 22.6 Å². The maximum absolute atomic E-state index is 9.54. The summed E-state index contributed by atoms with van der Waals surface area (Å²) < 4.78 is 5.73. The van der Waals surface area contributed by atoms with Gasteiger partial charge in [0, 0.05) is 0 Å². The van der Waals surface area contributed by atoms with Gasteiger partial charge in [0.15, 0.2) is 0 Å². The van der Waals surface area contributed by atoms with Crippen molar-refractivity contribution in [3.8, 4) is 17.2 Å². The zero-order valence-electron chi connectivity index (χ0n) is 9.40. The Kier molecular flexibility index (Phi) is 2.82. The van der Waals surface area contributed by atoms with Gasteiger partial charge in [0.2, 0.25) is 0 Å². The fraction of sp³-hybridized carbons (Fsp3) is 0.143. The average molecular weight is 214 g/mol. The minimum absolute atomic E-state index is 0.304. The van der Waals surface area contributed by atoms with Gasteiger partial charge in [0.1, 0.15) is 17.2 Å². The molecule has 0 saturated carbocycles. The van der Waals surface area contributed by atoms with Crippen molar-refractivity contribution in [2.24, 2.45) is 0 Å². The van der Waals surface area contributed by atoms with E-state index in [1.54, 1.807) is 12.1 Å². The third-order valence-corrected chi connectivity index (χ3v) is 2.68. The maximum Gasteiger partial charge on any atom is 0.130 e. The van der Waals surface area contributed by atoms with Crippen molar-refractivity contribution in [2.45, 2.75) is 13.8 Å². The third-order valence-electron chi connectivity index (χ3n) is 2.68. The highest BCUT2D eigenvalue weighted by atomic mass is 16.5. The van der Waals surface area contributed by atoms with E-state index in [-0.39, 0.29) is 0 Å². The van der Waals surface area contributed by atoms with Crippen LogP contribution in [0, 0.1) is 13.8 Å². The molecule has 0 fully saturated rings. The van der Waals surface area contributed by atoms with Crippen LogP contribution in [0.3, 0.4) is 0 Å². The van der Waals surface area contributed by atoms with E-state index in [2.05, 4.69) is 0 Å². The molecule has 0 aliphatic rings. The number of hydrogen-bond donors (Lipinski definition) is 1. The largest absolute Gasteiger partial charge is 0.508 e. The zero-order valence-corrected chi connectivity index (χ0v) is 9.40. The first-order chi connectivity index (χ1) is 7.68. The summed E-state index contributed by atoms with van der Waals surface area (Å²) in [6.45, 7) is 3.82. The van der Waals surface area contributed by atoms with E-state index in [1.807, 2.05) is 44.2 Å². The molecule has 2 rings (SSSR count). The van der Waals surface area contributed by atoms with Crippen LogP contribution in [0.4, 0.5) is 0 Å². The topological polar surface area (TPSA) is 29.5 Å². The number of phenolic OH excluding ortho intramolecular Hbond substituents is 1. The monoisotopic (exact) mass is 214 g/mol. The molecule has 0 aliphatic carbocycles. The molecule has 0 aromatic heterocycles. The lowest BCUT2D eigenvalue weighted by atomic mass is 10.1. The van der Waals surface area contributed by atoms with E-state index in [4.69, 9.17) is 4.74 Å². The molecule has 0 saturated heterocycles. The predicted octanol–water partition coefficient (Wildman–Crippen LogP) is 3.80. The van der Waals surface area contributed by atoms with E-state index in [9.17, 15) is 5.11 Å². The smallest absolute Gasteiger partial charge is 0.130 e. The summed E-state index contributed by atoms with van der Waals surface area (Å²) in [5, 5.41) is 9.54. The number of phenols is 1. The van der Waals surface area contributed by atoms with Crippen LogP contribution in [-0.2, 0) is 0 Å². The van der Waals surface area contributed by atoms with Crippen LogP contribution in [0.1, 0.15) is 11.1 Å².